The second-order valence-electron chi connectivity index (χ2n) is 9.17. The van der Waals surface area contributed by atoms with Crippen LogP contribution in [0, 0.1) is 0 Å². The molecule has 0 saturated carbocycles. The summed E-state index contributed by atoms with van der Waals surface area (Å²) in [5.41, 5.74) is 7.74. The molecule has 0 aliphatic heterocycles. The molecule has 4 aromatic carbocycles. The van der Waals surface area contributed by atoms with Gasteiger partial charge in [0.15, 0.2) is 23.0 Å². The van der Waals surface area contributed by atoms with Gasteiger partial charge in [-0.15, -0.1) is 0 Å². The van der Waals surface area contributed by atoms with Crippen molar-refractivity contribution in [1.82, 2.24) is 4.90 Å². The molecule has 0 aliphatic carbocycles. The van der Waals surface area contributed by atoms with Gasteiger partial charge in [-0.2, -0.15) is 0 Å². The zero-order chi connectivity index (χ0) is 28.3. The quantitative estimate of drug-likeness (QED) is 0.197. The Bertz CT molecular complexity index is 1310. The molecule has 4 aromatic rings. The van der Waals surface area contributed by atoms with E-state index >= 15 is 0 Å². The minimum atomic E-state index is -1.03. The molecule has 4 rings (SSSR count). The highest BCUT2D eigenvalue weighted by molar-refractivity contribution is 5.73. The average Bonchev–Trinajstić information content (AvgIpc) is 2.98. The van der Waals surface area contributed by atoms with Crippen LogP contribution >= 0.6 is 0 Å². The SMILES string of the molecule is COc1ccccc1Oc1ccccc1CN(CC[C@H](N)C(=O)O)Cc1ccccc1Oc1ccccc1OC. The maximum absolute atomic E-state index is 11.5. The number of aliphatic carboxylic acids is 1. The van der Waals surface area contributed by atoms with Crippen molar-refractivity contribution >= 4 is 5.97 Å². The normalized spacial score (nSPS) is 11.6. The molecule has 0 bridgehead atoms. The van der Waals surface area contributed by atoms with E-state index in [9.17, 15) is 9.90 Å². The lowest BCUT2D eigenvalue weighted by Crippen LogP contribution is -2.35. The molecule has 1 atom stereocenters. The Balaban J connectivity index is 1.60. The molecule has 0 spiro atoms. The second kappa shape index (κ2) is 14.0. The summed E-state index contributed by atoms with van der Waals surface area (Å²) in [6.07, 6.45) is 0.278. The standard InChI is InChI=1S/C32H34N2O6/c1-37-28-15-7-9-17-30(28)39-26-13-5-3-11-23(26)21-34(20-19-25(33)32(35)36)22-24-12-4-6-14-27(24)40-31-18-10-8-16-29(31)38-2/h3-18,25H,19-22,33H2,1-2H3,(H,35,36)/t25-/m0/s1. The number of nitrogens with two attached hydrogens (primary N) is 1. The van der Waals surface area contributed by atoms with Crippen LogP contribution < -0.4 is 24.7 Å². The molecule has 0 fully saturated rings. The Morgan fingerprint density at radius 2 is 1.05 bits per heavy atom. The van der Waals surface area contributed by atoms with Gasteiger partial charge in [0.05, 0.1) is 14.2 Å². The Morgan fingerprint density at radius 3 is 1.45 bits per heavy atom. The first-order valence-corrected chi connectivity index (χ1v) is 13.0. The van der Waals surface area contributed by atoms with E-state index in [4.69, 9.17) is 24.7 Å². The summed E-state index contributed by atoms with van der Waals surface area (Å²) in [6.45, 7) is 1.42. The summed E-state index contributed by atoms with van der Waals surface area (Å²) >= 11 is 0. The van der Waals surface area contributed by atoms with Crippen molar-refractivity contribution in [3.63, 3.8) is 0 Å². The average molecular weight is 543 g/mol. The molecule has 8 nitrogen and oxygen atoms in total. The summed E-state index contributed by atoms with van der Waals surface area (Å²) in [6, 6.07) is 29.5. The monoisotopic (exact) mass is 542 g/mol. The van der Waals surface area contributed by atoms with Crippen molar-refractivity contribution in [2.24, 2.45) is 5.73 Å². The van der Waals surface area contributed by atoms with Gasteiger partial charge in [0.25, 0.3) is 0 Å². The van der Waals surface area contributed by atoms with E-state index < -0.39 is 12.0 Å². The lowest BCUT2D eigenvalue weighted by atomic mass is 10.1. The highest BCUT2D eigenvalue weighted by Crippen LogP contribution is 2.35. The fourth-order valence-electron chi connectivity index (χ4n) is 4.25. The highest BCUT2D eigenvalue weighted by Gasteiger charge is 2.19. The molecular weight excluding hydrogens is 508 g/mol. The third-order valence-corrected chi connectivity index (χ3v) is 6.38. The number of carbonyl (C=O) groups is 1. The molecule has 0 heterocycles. The van der Waals surface area contributed by atoms with Gasteiger partial charge in [-0.25, -0.2) is 0 Å². The van der Waals surface area contributed by atoms with E-state index in [2.05, 4.69) is 4.90 Å². The minimum Gasteiger partial charge on any atom is -0.493 e. The second-order valence-corrected chi connectivity index (χ2v) is 9.17. The largest absolute Gasteiger partial charge is 0.493 e. The Morgan fingerprint density at radius 1 is 0.675 bits per heavy atom. The van der Waals surface area contributed by atoms with E-state index in [0.29, 0.717) is 54.1 Å². The molecule has 0 aromatic heterocycles. The summed E-state index contributed by atoms with van der Waals surface area (Å²) in [7, 11) is 3.21. The fraction of sp³-hybridized carbons (Fsp3) is 0.219. The van der Waals surface area contributed by atoms with Crippen molar-refractivity contribution in [3.8, 4) is 34.5 Å². The predicted molar refractivity (Wildman–Crippen MR) is 153 cm³/mol. The number of carboxylic acids is 1. The van der Waals surface area contributed by atoms with Gasteiger partial charge in [0.1, 0.15) is 17.5 Å². The number of rotatable bonds is 14. The van der Waals surface area contributed by atoms with Crippen LogP contribution in [0.4, 0.5) is 0 Å². The number of nitrogens with zero attached hydrogens (tertiary/aromatic N) is 1. The molecule has 208 valence electrons. The van der Waals surface area contributed by atoms with Crippen LogP contribution in [-0.2, 0) is 17.9 Å². The van der Waals surface area contributed by atoms with Gasteiger partial charge >= 0.3 is 5.97 Å². The van der Waals surface area contributed by atoms with Crippen LogP contribution in [0.5, 0.6) is 34.5 Å². The topological polar surface area (TPSA) is 103 Å². The number of benzene rings is 4. The Hall–Kier alpha value is -4.53. The van der Waals surface area contributed by atoms with Crippen LogP contribution in [0.25, 0.3) is 0 Å². The van der Waals surface area contributed by atoms with E-state index in [1.165, 1.54) is 0 Å². The molecule has 0 amide bonds. The molecule has 0 saturated heterocycles. The van der Waals surface area contributed by atoms with E-state index in [1.807, 2.05) is 97.1 Å². The Labute approximate surface area is 234 Å². The first kappa shape index (κ1) is 28.5. The van der Waals surface area contributed by atoms with Gasteiger partial charge in [0, 0.05) is 30.8 Å². The molecular formula is C32H34N2O6. The molecule has 0 radical (unpaired) electrons. The van der Waals surface area contributed by atoms with Gasteiger partial charge in [-0.1, -0.05) is 60.7 Å². The predicted octanol–water partition coefficient (Wildman–Crippen LogP) is 6.09. The minimum absolute atomic E-state index is 0.278. The van der Waals surface area contributed by atoms with E-state index in [1.54, 1.807) is 14.2 Å². The third kappa shape index (κ3) is 7.53. The number of para-hydroxylation sites is 6. The van der Waals surface area contributed by atoms with Gasteiger partial charge in [0.2, 0.25) is 0 Å². The van der Waals surface area contributed by atoms with E-state index in [-0.39, 0.29) is 6.42 Å². The summed E-state index contributed by atoms with van der Waals surface area (Å²) in [4.78, 5) is 13.6. The van der Waals surface area contributed by atoms with Crippen molar-refractivity contribution in [1.29, 1.82) is 0 Å². The van der Waals surface area contributed by atoms with Crippen LogP contribution in [-0.4, -0.2) is 42.8 Å². The summed E-state index contributed by atoms with van der Waals surface area (Å²) in [5.74, 6) is 2.80. The van der Waals surface area contributed by atoms with Crippen molar-refractivity contribution < 1.29 is 28.8 Å². The third-order valence-electron chi connectivity index (χ3n) is 6.38. The molecule has 8 heteroatoms. The zero-order valence-electron chi connectivity index (χ0n) is 22.7. The number of ether oxygens (including phenoxy) is 4. The van der Waals surface area contributed by atoms with Gasteiger partial charge in [-0.05, 0) is 42.8 Å². The first-order chi connectivity index (χ1) is 19.5. The maximum atomic E-state index is 11.5. The zero-order valence-corrected chi connectivity index (χ0v) is 22.7. The summed E-state index contributed by atoms with van der Waals surface area (Å²) in [5, 5.41) is 9.38. The summed E-state index contributed by atoms with van der Waals surface area (Å²) < 4.78 is 23.4. The van der Waals surface area contributed by atoms with Gasteiger partial charge < -0.3 is 29.8 Å². The molecule has 0 unspecified atom stereocenters. The van der Waals surface area contributed by atoms with Crippen LogP contribution in [0.15, 0.2) is 97.1 Å². The van der Waals surface area contributed by atoms with E-state index in [0.717, 1.165) is 11.1 Å². The van der Waals surface area contributed by atoms with Crippen LogP contribution in [0.3, 0.4) is 0 Å². The number of methoxy groups -OCH3 is 2. The van der Waals surface area contributed by atoms with Crippen LogP contribution in [0.1, 0.15) is 17.5 Å². The van der Waals surface area contributed by atoms with Crippen molar-refractivity contribution in [3.05, 3.63) is 108 Å². The maximum Gasteiger partial charge on any atom is 0.320 e. The molecule has 3 N–H and O–H groups in total. The smallest absolute Gasteiger partial charge is 0.320 e. The lowest BCUT2D eigenvalue weighted by molar-refractivity contribution is -0.138. The first-order valence-electron chi connectivity index (χ1n) is 13.0. The molecule has 40 heavy (non-hydrogen) atoms. The van der Waals surface area contributed by atoms with Gasteiger partial charge in [-0.3, -0.25) is 9.69 Å². The number of hydrogen-bond acceptors (Lipinski definition) is 7. The van der Waals surface area contributed by atoms with Crippen molar-refractivity contribution in [2.75, 3.05) is 20.8 Å². The molecule has 0 aliphatic rings. The Kier molecular flexibility index (Phi) is 9.99. The number of hydrogen-bond donors (Lipinski definition) is 2. The fourth-order valence-corrected chi connectivity index (χ4v) is 4.25. The highest BCUT2D eigenvalue weighted by atomic mass is 16.5. The van der Waals surface area contributed by atoms with Crippen LogP contribution in [0.2, 0.25) is 0 Å². The lowest BCUT2D eigenvalue weighted by Gasteiger charge is -2.25. The van der Waals surface area contributed by atoms with Crippen molar-refractivity contribution in [2.45, 2.75) is 25.6 Å². The number of carboxylic acid groups (broad SMARTS) is 1.